The van der Waals surface area contributed by atoms with Gasteiger partial charge in [0.05, 0.1) is 11.1 Å². The van der Waals surface area contributed by atoms with Crippen molar-refractivity contribution in [2.75, 3.05) is 0 Å². The Morgan fingerprint density at radius 1 is 0.432 bits per heavy atom. The molecule has 0 fully saturated rings. The fourth-order valence-electron chi connectivity index (χ4n) is 5.72. The molecule has 8 heteroatoms. The number of rotatable bonds is 2. The first-order valence-electron chi connectivity index (χ1n) is 12.9. The lowest BCUT2D eigenvalue weighted by Gasteiger charge is -2.15. The summed E-state index contributed by atoms with van der Waals surface area (Å²) in [6, 6.07) is 30.1. The van der Waals surface area contributed by atoms with Crippen molar-refractivity contribution in [3.8, 4) is 58.7 Å². The van der Waals surface area contributed by atoms with Crippen molar-refractivity contribution in [3.63, 3.8) is 0 Å². The molecule has 2 aliphatic carbocycles. The van der Waals surface area contributed by atoms with Crippen molar-refractivity contribution < 1.29 is 8.78 Å². The topological polar surface area (TPSA) is 143 Å². The fourth-order valence-corrected chi connectivity index (χ4v) is 5.72. The van der Waals surface area contributed by atoms with Crippen molar-refractivity contribution in [3.05, 3.63) is 129 Å². The number of nitriles is 6. The van der Waals surface area contributed by atoms with Crippen LogP contribution in [0.3, 0.4) is 0 Å². The van der Waals surface area contributed by atoms with Crippen molar-refractivity contribution in [1.29, 1.82) is 31.6 Å². The Morgan fingerprint density at radius 2 is 0.773 bits per heavy atom. The zero-order valence-electron chi connectivity index (χ0n) is 22.4. The molecule has 0 aromatic heterocycles. The third-order valence-corrected chi connectivity index (χ3v) is 7.66. The van der Waals surface area contributed by atoms with Crippen molar-refractivity contribution in [1.82, 2.24) is 0 Å². The van der Waals surface area contributed by atoms with Gasteiger partial charge in [0.1, 0.15) is 59.2 Å². The van der Waals surface area contributed by atoms with Gasteiger partial charge in [-0.05, 0) is 80.9 Å². The van der Waals surface area contributed by atoms with Crippen LogP contribution >= 0.6 is 0 Å². The van der Waals surface area contributed by atoms with Crippen molar-refractivity contribution >= 4 is 22.3 Å². The molecule has 0 saturated heterocycles. The first kappa shape index (κ1) is 27.1. The second kappa shape index (κ2) is 10.4. The molecule has 0 N–H and O–H groups in total. The molecule has 6 nitrogen and oxygen atoms in total. The Bertz CT molecular complexity index is 2170. The first-order valence-corrected chi connectivity index (χ1v) is 12.9. The molecule has 0 bridgehead atoms. The van der Waals surface area contributed by atoms with Crippen LogP contribution in [0.1, 0.15) is 33.4 Å². The molecule has 0 radical (unpaired) electrons. The highest BCUT2D eigenvalue weighted by Crippen LogP contribution is 2.59. The molecule has 200 valence electrons. The normalized spacial score (nSPS) is 12.0. The van der Waals surface area contributed by atoms with Crippen LogP contribution in [0, 0.1) is 79.6 Å². The number of fused-ring (bicyclic) bond motifs is 4. The summed E-state index contributed by atoms with van der Waals surface area (Å²) in [4.78, 5) is 0. The predicted octanol–water partition coefficient (Wildman–Crippen LogP) is 7.58. The lowest BCUT2D eigenvalue weighted by atomic mass is 9.87. The lowest BCUT2D eigenvalue weighted by molar-refractivity contribution is 0.624. The van der Waals surface area contributed by atoms with Gasteiger partial charge in [-0.2, -0.15) is 31.6 Å². The van der Waals surface area contributed by atoms with Gasteiger partial charge in [-0.3, -0.25) is 0 Å². The van der Waals surface area contributed by atoms with E-state index >= 15 is 0 Å². The standard InChI is InChI=1S/C36H12F2N6/c37-31-11-21(1-3-23(31)13-39)19-5-7-27-29(9-19)35-34(26(17-43)18-44)28-8-6-20(22-2-4-24(14-40)32(38)12-22)10-30(28)36(35)33(27)25(15-41)16-42/h1-12H. The van der Waals surface area contributed by atoms with Gasteiger partial charge in [0.25, 0.3) is 0 Å². The molecule has 0 unspecified atom stereocenters. The van der Waals surface area contributed by atoms with E-state index in [4.69, 9.17) is 10.5 Å². The largest absolute Gasteiger partial charge is 0.206 e. The summed E-state index contributed by atoms with van der Waals surface area (Å²) in [5, 5.41) is 58.1. The van der Waals surface area contributed by atoms with Crippen molar-refractivity contribution in [2.45, 2.75) is 0 Å². The average molecular weight is 567 g/mol. The smallest absolute Gasteiger partial charge is 0.141 e. The quantitative estimate of drug-likeness (QED) is 0.229. The summed E-state index contributed by atoms with van der Waals surface area (Å²) in [6.45, 7) is 0. The summed E-state index contributed by atoms with van der Waals surface area (Å²) < 4.78 is 29.1. The molecule has 0 aliphatic heterocycles. The minimum atomic E-state index is -0.695. The van der Waals surface area contributed by atoms with Gasteiger partial charge in [0.2, 0.25) is 0 Å². The summed E-state index contributed by atoms with van der Waals surface area (Å²) in [7, 11) is 0. The van der Waals surface area contributed by atoms with Crippen LogP contribution in [0.25, 0.3) is 44.5 Å². The number of benzene rings is 4. The maximum atomic E-state index is 14.5. The zero-order chi connectivity index (χ0) is 31.1. The van der Waals surface area contributed by atoms with E-state index < -0.39 is 11.6 Å². The molecule has 0 heterocycles. The maximum absolute atomic E-state index is 14.5. The van der Waals surface area contributed by atoms with Gasteiger partial charge in [0, 0.05) is 22.3 Å². The molecule has 0 atom stereocenters. The maximum Gasteiger partial charge on any atom is 0.141 e. The molecule has 4 aromatic carbocycles. The van der Waals surface area contributed by atoms with Crippen LogP contribution in [0.5, 0.6) is 0 Å². The number of halogens is 2. The first-order chi connectivity index (χ1) is 21.4. The van der Waals surface area contributed by atoms with E-state index in [0.717, 1.165) is 0 Å². The van der Waals surface area contributed by atoms with E-state index in [0.29, 0.717) is 66.8 Å². The Balaban J connectivity index is 1.67. The van der Waals surface area contributed by atoms with E-state index in [1.54, 1.807) is 60.7 Å². The number of hydrogen-bond donors (Lipinski definition) is 0. The van der Waals surface area contributed by atoms with Crippen LogP contribution in [0.2, 0.25) is 0 Å². The summed E-state index contributed by atoms with van der Waals surface area (Å²) in [5.41, 5.74) is 5.10. The van der Waals surface area contributed by atoms with Gasteiger partial charge in [0.15, 0.2) is 0 Å². The second-order valence-electron chi connectivity index (χ2n) is 9.83. The van der Waals surface area contributed by atoms with E-state index in [2.05, 4.69) is 0 Å². The highest BCUT2D eigenvalue weighted by atomic mass is 19.1. The lowest BCUT2D eigenvalue weighted by Crippen LogP contribution is -1.97. The zero-order valence-corrected chi connectivity index (χ0v) is 22.4. The SMILES string of the molecule is N#CC(C#N)=C1C2=C(C(=C(C#N)C#N)c3ccc(-c4ccc(C#N)c(F)c4)cc32)c2cc(-c3ccc(C#N)c(F)c3)ccc21. The molecule has 0 spiro atoms. The Labute approximate surface area is 250 Å². The summed E-state index contributed by atoms with van der Waals surface area (Å²) >= 11 is 0. The minimum Gasteiger partial charge on any atom is -0.206 e. The van der Waals surface area contributed by atoms with E-state index in [-0.39, 0.29) is 22.3 Å². The fraction of sp³-hybridized carbons (Fsp3) is 0. The third kappa shape index (κ3) is 3.94. The van der Waals surface area contributed by atoms with Gasteiger partial charge in [-0.15, -0.1) is 0 Å². The van der Waals surface area contributed by atoms with Crippen LogP contribution in [0.15, 0.2) is 83.9 Å². The average Bonchev–Trinajstić information content (AvgIpc) is 3.55. The van der Waals surface area contributed by atoms with E-state index in [1.165, 1.54) is 24.3 Å². The molecule has 44 heavy (non-hydrogen) atoms. The summed E-state index contributed by atoms with van der Waals surface area (Å²) in [6.07, 6.45) is 0. The van der Waals surface area contributed by atoms with Gasteiger partial charge in [-0.1, -0.05) is 36.4 Å². The number of hydrogen-bond acceptors (Lipinski definition) is 6. The van der Waals surface area contributed by atoms with Crippen LogP contribution in [-0.2, 0) is 0 Å². The Kier molecular flexibility index (Phi) is 6.39. The molecule has 2 aliphatic rings. The van der Waals surface area contributed by atoms with Crippen LogP contribution < -0.4 is 0 Å². The highest BCUT2D eigenvalue weighted by molar-refractivity contribution is 6.38. The Hall–Kier alpha value is -7.10. The van der Waals surface area contributed by atoms with E-state index in [9.17, 15) is 29.8 Å². The second-order valence-corrected chi connectivity index (χ2v) is 9.83. The third-order valence-electron chi connectivity index (χ3n) is 7.66. The van der Waals surface area contributed by atoms with Crippen LogP contribution in [0.4, 0.5) is 8.78 Å². The molecule has 0 amide bonds. The van der Waals surface area contributed by atoms with Gasteiger partial charge < -0.3 is 0 Å². The Morgan fingerprint density at radius 3 is 1.09 bits per heavy atom. The van der Waals surface area contributed by atoms with E-state index in [1.807, 2.05) is 24.3 Å². The molecular weight excluding hydrogens is 554 g/mol. The summed E-state index contributed by atoms with van der Waals surface area (Å²) in [5.74, 6) is -1.39. The number of nitrogens with zero attached hydrogens (tertiary/aromatic N) is 6. The van der Waals surface area contributed by atoms with Crippen molar-refractivity contribution in [2.24, 2.45) is 0 Å². The van der Waals surface area contributed by atoms with Gasteiger partial charge >= 0.3 is 0 Å². The predicted molar refractivity (Wildman–Crippen MR) is 156 cm³/mol. The number of allylic oxidation sites excluding steroid dienone is 6. The highest BCUT2D eigenvalue weighted by Gasteiger charge is 2.40. The minimum absolute atomic E-state index is 0.111. The molecule has 4 aromatic rings. The van der Waals surface area contributed by atoms with Crippen LogP contribution in [-0.4, -0.2) is 0 Å². The molecular formula is C36H12F2N6. The van der Waals surface area contributed by atoms with Gasteiger partial charge in [-0.25, -0.2) is 8.78 Å². The monoisotopic (exact) mass is 566 g/mol. The molecule has 6 rings (SSSR count). The molecule has 0 saturated carbocycles.